The SMILES string of the molecule is NNC(Cc1ccc(Cl)cc1Cl)Cc1c(F)cccc1F. The van der Waals surface area contributed by atoms with E-state index >= 15 is 0 Å². The number of hydrogen-bond acceptors (Lipinski definition) is 2. The summed E-state index contributed by atoms with van der Waals surface area (Å²) < 4.78 is 27.3. The molecule has 2 nitrogen and oxygen atoms in total. The topological polar surface area (TPSA) is 38.0 Å². The highest BCUT2D eigenvalue weighted by molar-refractivity contribution is 6.35. The zero-order valence-electron chi connectivity index (χ0n) is 11.0. The van der Waals surface area contributed by atoms with Crippen LogP contribution in [0, 0.1) is 11.6 Å². The van der Waals surface area contributed by atoms with Crippen LogP contribution >= 0.6 is 23.2 Å². The lowest BCUT2D eigenvalue weighted by atomic mass is 9.98. The molecule has 3 N–H and O–H groups in total. The number of halogens is 4. The van der Waals surface area contributed by atoms with E-state index < -0.39 is 11.6 Å². The normalized spacial score (nSPS) is 12.4. The molecule has 0 aliphatic heterocycles. The number of hydrogen-bond donors (Lipinski definition) is 2. The highest BCUT2D eigenvalue weighted by Gasteiger charge is 2.16. The maximum Gasteiger partial charge on any atom is 0.129 e. The Hall–Kier alpha value is -1.20. The van der Waals surface area contributed by atoms with Gasteiger partial charge in [-0.15, -0.1) is 0 Å². The van der Waals surface area contributed by atoms with E-state index in [1.54, 1.807) is 18.2 Å². The first-order valence-electron chi connectivity index (χ1n) is 6.34. The lowest BCUT2D eigenvalue weighted by molar-refractivity contribution is 0.484. The van der Waals surface area contributed by atoms with Gasteiger partial charge in [0.2, 0.25) is 0 Å². The van der Waals surface area contributed by atoms with Gasteiger partial charge in [-0.05, 0) is 42.7 Å². The van der Waals surface area contributed by atoms with Gasteiger partial charge >= 0.3 is 0 Å². The molecule has 0 aliphatic rings. The predicted molar refractivity (Wildman–Crippen MR) is 81.3 cm³/mol. The molecule has 0 radical (unpaired) electrons. The van der Waals surface area contributed by atoms with Crippen LogP contribution in [0.15, 0.2) is 36.4 Å². The first-order chi connectivity index (χ1) is 10.0. The summed E-state index contributed by atoms with van der Waals surface area (Å²) in [5, 5.41) is 1.03. The second kappa shape index (κ2) is 7.18. The van der Waals surface area contributed by atoms with Crippen LogP contribution in [0.1, 0.15) is 11.1 Å². The molecule has 0 spiro atoms. The van der Waals surface area contributed by atoms with Crippen molar-refractivity contribution in [3.8, 4) is 0 Å². The van der Waals surface area contributed by atoms with Crippen LogP contribution < -0.4 is 11.3 Å². The van der Waals surface area contributed by atoms with Gasteiger partial charge in [0.15, 0.2) is 0 Å². The third-order valence-electron chi connectivity index (χ3n) is 3.23. The van der Waals surface area contributed by atoms with Crippen LogP contribution in [-0.2, 0) is 12.8 Å². The molecule has 2 aromatic carbocycles. The smallest absolute Gasteiger partial charge is 0.129 e. The molecule has 6 heteroatoms. The molecule has 0 heterocycles. The molecule has 0 saturated carbocycles. The minimum absolute atomic E-state index is 0.00513. The molecule has 2 aromatic rings. The highest BCUT2D eigenvalue weighted by atomic mass is 35.5. The van der Waals surface area contributed by atoms with E-state index in [4.69, 9.17) is 29.0 Å². The van der Waals surface area contributed by atoms with Crippen LogP contribution in [0.5, 0.6) is 0 Å². The summed E-state index contributed by atoms with van der Waals surface area (Å²) in [6.45, 7) is 0. The van der Waals surface area contributed by atoms with Gasteiger partial charge in [-0.2, -0.15) is 0 Å². The average Bonchev–Trinajstić information content (AvgIpc) is 2.44. The van der Waals surface area contributed by atoms with Crippen molar-refractivity contribution >= 4 is 23.2 Å². The second-order valence-electron chi connectivity index (χ2n) is 4.71. The Bertz CT molecular complexity index is 615. The summed E-state index contributed by atoms with van der Waals surface area (Å²) in [6.07, 6.45) is 0.550. The van der Waals surface area contributed by atoms with Crippen LogP contribution in [0.25, 0.3) is 0 Å². The third-order valence-corrected chi connectivity index (χ3v) is 3.82. The largest absolute Gasteiger partial charge is 0.271 e. The molecule has 0 saturated heterocycles. The summed E-state index contributed by atoms with van der Waals surface area (Å²) >= 11 is 11.9. The summed E-state index contributed by atoms with van der Waals surface area (Å²) in [5.74, 6) is 4.31. The van der Waals surface area contributed by atoms with Crippen molar-refractivity contribution in [3.63, 3.8) is 0 Å². The lowest BCUT2D eigenvalue weighted by Crippen LogP contribution is -2.39. The fourth-order valence-corrected chi connectivity index (χ4v) is 2.60. The average molecular weight is 331 g/mol. The van der Waals surface area contributed by atoms with Crippen LogP contribution in [-0.4, -0.2) is 6.04 Å². The van der Waals surface area contributed by atoms with Gasteiger partial charge in [-0.3, -0.25) is 11.3 Å². The van der Waals surface area contributed by atoms with Gasteiger partial charge in [0.1, 0.15) is 11.6 Å². The molecule has 0 fully saturated rings. The zero-order valence-corrected chi connectivity index (χ0v) is 12.6. The van der Waals surface area contributed by atoms with Gasteiger partial charge in [0.25, 0.3) is 0 Å². The molecule has 0 aromatic heterocycles. The van der Waals surface area contributed by atoms with E-state index in [-0.39, 0.29) is 18.0 Å². The van der Waals surface area contributed by atoms with Gasteiger partial charge in [-0.1, -0.05) is 35.3 Å². The van der Waals surface area contributed by atoms with Crippen molar-refractivity contribution in [2.45, 2.75) is 18.9 Å². The second-order valence-corrected chi connectivity index (χ2v) is 5.55. The van der Waals surface area contributed by atoms with Crippen molar-refractivity contribution in [3.05, 3.63) is 69.2 Å². The fourth-order valence-electron chi connectivity index (χ4n) is 2.12. The predicted octanol–water partition coefficient (Wildman–Crippen LogP) is 3.89. The van der Waals surface area contributed by atoms with Gasteiger partial charge in [-0.25, -0.2) is 8.78 Å². The van der Waals surface area contributed by atoms with E-state index in [1.807, 2.05) is 0 Å². The summed E-state index contributed by atoms with van der Waals surface area (Å²) in [6, 6.07) is 8.52. The van der Waals surface area contributed by atoms with E-state index in [0.717, 1.165) is 5.56 Å². The Morgan fingerprint density at radius 3 is 2.29 bits per heavy atom. The monoisotopic (exact) mass is 330 g/mol. The minimum atomic E-state index is -0.586. The fraction of sp³-hybridized carbons (Fsp3) is 0.200. The molecule has 2 rings (SSSR count). The van der Waals surface area contributed by atoms with E-state index in [2.05, 4.69) is 5.43 Å². The van der Waals surface area contributed by atoms with E-state index in [1.165, 1.54) is 18.2 Å². The molecule has 1 atom stereocenters. The lowest BCUT2D eigenvalue weighted by Gasteiger charge is -2.17. The third kappa shape index (κ3) is 4.14. The number of rotatable bonds is 5. The summed E-state index contributed by atoms with van der Waals surface area (Å²) in [7, 11) is 0. The quantitative estimate of drug-likeness (QED) is 0.644. The first kappa shape index (κ1) is 16.2. The Balaban J connectivity index is 2.17. The van der Waals surface area contributed by atoms with Crippen LogP contribution in [0.2, 0.25) is 10.0 Å². The van der Waals surface area contributed by atoms with Crippen molar-refractivity contribution < 1.29 is 8.78 Å². The molecular weight excluding hydrogens is 317 g/mol. The van der Waals surface area contributed by atoms with E-state index in [0.29, 0.717) is 16.5 Å². The van der Waals surface area contributed by atoms with Gasteiger partial charge in [0.05, 0.1) is 0 Å². The Kier molecular flexibility index (Phi) is 5.53. The van der Waals surface area contributed by atoms with Crippen molar-refractivity contribution in [2.24, 2.45) is 5.84 Å². The minimum Gasteiger partial charge on any atom is -0.271 e. The Labute approximate surface area is 131 Å². The van der Waals surface area contributed by atoms with Crippen LogP contribution in [0.3, 0.4) is 0 Å². The molecule has 0 bridgehead atoms. The summed E-state index contributed by atoms with van der Waals surface area (Å²) in [4.78, 5) is 0. The van der Waals surface area contributed by atoms with Crippen LogP contribution in [0.4, 0.5) is 8.78 Å². The number of benzene rings is 2. The Morgan fingerprint density at radius 1 is 1.05 bits per heavy atom. The van der Waals surface area contributed by atoms with Crippen molar-refractivity contribution in [1.29, 1.82) is 0 Å². The molecular formula is C15H14Cl2F2N2. The maximum atomic E-state index is 13.7. The molecule has 112 valence electrons. The number of nitrogens with one attached hydrogen (secondary N) is 1. The standard InChI is InChI=1S/C15H14Cl2F2N2/c16-10-5-4-9(13(17)7-10)6-11(21-20)8-12-14(18)2-1-3-15(12)19/h1-5,7,11,21H,6,8,20H2. The highest BCUT2D eigenvalue weighted by Crippen LogP contribution is 2.23. The molecule has 1 unspecified atom stereocenters. The number of hydrazine groups is 1. The van der Waals surface area contributed by atoms with Crippen molar-refractivity contribution in [2.75, 3.05) is 0 Å². The molecule has 0 aliphatic carbocycles. The zero-order chi connectivity index (χ0) is 15.4. The Morgan fingerprint density at radius 2 is 1.71 bits per heavy atom. The number of nitrogens with two attached hydrogens (primary N) is 1. The van der Waals surface area contributed by atoms with E-state index in [9.17, 15) is 8.78 Å². The van der Waals surface area contributed by atoms with Gasteiger partial charge < -0.3 is 0 Å². The first-order valence-corrected chi connectivity index (χ1v) is 7.09. The molecule has 21 heavy (non-hydrogen) atoms. The van der Waals surface area contributed by atoms with Gasteiger partial charge in [0, 0.05) is 21.7 Å². The van der Waals surface area contributed by atoms with Crippen molar-refractivity contribution in [1.82, 2.24) is 5.43 Å². The summed E-state index contributed by atoms with van der Waals surface area (Å²) in [5.41, 5.74) is 3.38. The molecule has 0 amide bonds. The maximum absolute atomic E-state index is 13.7.